The molecule has 6 heteroatoms. The van der Waals surface area contributed by atoms with Crippen molar-refractivity contribution < 1.29 is 9.59 Å². The van der Waals surface area contributed by atoms with Crippen LogP contribution < -0.4 is 5.32 Å². The van der Waals surface area contributed by atoms with Gasteiger partial charge in [0.15, 0.2) is 0 Å². The van der Waals surface area contributed by atoms with Crippen LogP contribution in [0.5, 0.6) is 0 Å². The third-order valence-electron chi connectivity index (χ3n) is 6.48. The Morgan fingerprint density at radius 3 is 2.21 bits per heavy atom. The maximum absolute atomic E-state index is 13.4. The number of benzene rings is 2. The minimum atomic E-state index is -0.518. The van der Waals surface area contributed by atoms with Gasteiger partial charge in [0.2, 0.25) is 11.8 Å². The highest BCUT2D eigenvalue weighted by molar-refractivity contribution is 6.42. The lowest BCUT2D eigenvalue weighted by Crippen LogP contribution is -2.51. The Morgan fingerprint density at radius 2 is 1.61 bits per heavy atom. The van der Waals surface area contributed by atoms with Crippen molar-refractivity contribution in [3.05, 3.63) is 69.2 Å². The number of carbonyl (C=O) groups excluding carboxylic acids is 2. The van der Waals surface area contributed by atoms with Gasteiger partial charge in [-0.3, -0.25) is 9.59 Å². The van der Waals surface area contributed by atoms with Crippen LogP contribution in [0.3, 0.4) is 0 Å². The van der Waals surface area contributed by atoms with Crippen molar-refractivity contribution in [2.45, 2.75) is 83.8 Å². The van der Waals surface area contributed by atoms with E-state index in [-0.39, 0.29) is 17.9 Å². The zero-order valence-corrected chi connectivity index (χ0v) is 21.1. The second-order valence-electron chi connectivity index (χ2n) is 8.85. The summed E-state index contributed by atoms with van der Waals surface area (Å²) in [5.74, 6) is -0.0980. The van der Waals surface area contributed by atoms with Crippen LogP contribution >= 0.6 is 23.2 Å². The third-order valence-corrected chi connectivity index (χ3v) is 7.22. The Hall–Kier alpha value is -2.04. The molecule has 4 nitrogen and oxygen atoms in total. The van der Waals surface area contributed by atoms with Gasteiger partial charge in [0.1, 0.15) is 6.04 Å². The summed E-state index contributed by atoms with van der Waals surface area (Å²) in [7, 11) is 0. The lowest BCUT2D eigenvalue weighted by atomic mass is 10.0. The van der Waals surface area contributed by atoms with Crippen LogP contribution in [0, 0.1) is 0 Å². The molecule has 1 aliphatic rings. The molecular weight excluding hydrogens is 455 g/mol. The van der Waals surface area contributed by atoms with Gasteiger partial charge in [-0.2, -0.15) is 0 Å². The van der Waals surface area contributed by atoms with E-state index in [0.29, 0.717) is 35.9 Å². The molecule has 0 spiro atoms. The van der Waals surface area contributed by atoms with E-state index in [0.717, 1.165) is 43.2 Å². The number of nitrogens with one attached hydrogen (secondary N) is 1. The molecule has 178 valence electrons. The number of carbonyl (C=O) groups is 2. The second-order valence-corrected chi connectivity index (χ2v) is 9.67. The number of aryl methyl sites for hydroxylation is 2. The molecule has 2 amide bonds. The number of amides is 2. The molecular formula is C27H34Cl2N2O2. The lowest BCUT2D eigenvalue weighted by molar-refractivity contribution is -0.141. The fraction of sp³-hybridized carbons (Fsp3) is 0.481. The number of hydrogen-bond donors (Lipinski definition) is 1. The normalized spacial score (nSPS) is 14.8. The van der Waals surface area contributed by atoms with Crippen LogP contribution in [0.2, 0.25) is 10.0 Å². The Bertz CT molecular complexity index is 940. The molecule has 0 heterocycles. The molecule has 0 bridgehead atoms. The van der Waals surface area contributed by atoms with Crippen molar-refractivity contribution >= 4 is 35.0 Å². The number of hydrogen-bond acceptors (Lipinski definition) is 2. The van der Waals surface area contributed by atoms with E-state index in [1.54, 1.807) is 17.0 Å². The van der Waals surface area contributed by atoms with Gasteiger partial charge in [-0.25, -0.2) is 0 Å². The molecule has 0 radical (unpaired) electrons. The minimum Gasteiger partial charge on any atom is -0.352 e. The molecule has 0 saturated heterocycles. The van der Waals surface area contributed by atoms with Gasteiger partial charge < -0.3 is 10.2 Å². The molecule has 1 N–H and O–H groups in total. The monoisotopic (exact) mass is 488 g/mol. The van der Waals surface area contributed by atoms with Crippen molar-refractivity contribution in [3.63, 3.8) is 0 Å². The molecule has 1 aliphatic carbocycles. The molecule has 3 rings (SSSR count). The molecule has 0 unspecified atom stereocenters. The van der Waals surface area contributed by atoms with Crippen molar-refractivity contribution in [1.82, 2.24) is 10.2 Å². The standard InChI is InChI=1S/C27H34Cl2N2O2/c1-3-19-9-11-20(12-10-19)14-16-26(32)31(18-21-13-15-23(28)24(29)17-21)25(4-2)27(33)30-22-7-5-6-8-22/h9-13,15,17,22,25H,3-8,14,16,18H2,1-2H3,(H,30,33)/t25-/m0/s1. The quantitative estimate of drug-likeness (QED) is 0.423. The predicted octanol–water partition coefficient (Wildman–Crippen LogP) is 6.35. The van der Waals surface area contributed by atoms with E-state index in [1.807, 2.05) is 13.0 Å². The van der Waals surface area contributed by atoms with E-state index >= 15 is 0 Å². The fourth-order valence-electron chi connectivity index (χ4n) is 4.46. The molecule has 2 aromatic carbocycles. The van der Waals surface area contributed by atoms with E-state index in [4.69, 9.17) is 23.2 Å². The molecule has 1 saturated carbocycles. The zero-order chi connectivity index (χ0) is 23.8. The van der Waals surface area contributed by atoms with Crippen LogP contribution in [-0.2, 0) is 29.0 Å². The van der Waals surface area contributed by atoms with Gasteiger partial charge in [0.05, 0.1) is 10.0 Å². The Kier molecular flexibility index (Phi) is 9.64. The van der Waals surface area contributed by atoms with Gasteiger partial charge in [0.25, 0.3) is 0 Å². The average molecular weight is 489 g/mol. The summed E-state index contributed by atoms with van der Waals surface area (Å²) in [6, 6.07) is 13.4. The average Bonchev–Trinajstić information content (AvgIpc) is 3.33. The van der Waals surface area contributed by atoms with E-state index < -0.39 is 6.04 Å². The van der Waals surface area contributed by atoms with Gasteiger partial charge >= 0.3 is 0 Å². The van der Waals surface area contributed by atoms with Crippen LogP contribution in [0.25, 0.3) is 0 Å². The second kappa shape index (κ2) is 12.4. The number of halogens is 2. The molecule has 1 fully saturated rings. The maximum atomic E-state index is 13.4. The summed E-state index contributed by atoms with van der Waals surface area (Å²) >= 11 is 12.3. The Morgan fingerprint density at radius 1 is 0.970 bits per heavy atom. The van der Waals surface area contributed by atoms with Crippen LogP contribution in [0.1, 0.15) is 69.1 Å². The van der Waals surface area contributed by atoms with Crippen molar-refractivity contribution in [2.75, 3.05) is 0 Å². The van der Waals surface area contributed by atoms with Crippen molar-refractivity contribution in [3.8, 4) is 0 Å². The van der Waals surface area contributed by atoms with Crippen molar-refractivity contribution in [1.29, 1.82) is 0 Å². The Balaban J connectivity index is 1.76. The summed E-state index contributed by atoms with van der Waals surface area (Å²) < 4.78 is 0. The first kappa shape index (κ1) is 25.6. The topological polar surface area (TPSA) is 49.4 Å². The van der Waals surface area contributed by atoms with Gasteiger partial charge in [-0.1, -0.05) is 80.2 Å². The summed E-state index contributed by atoms with van der Waals surface area (Å²) in [5.41, 5.74) is 3.26. The number of rotatable bonds is 10. The molecule has 0 aliphatic heterocycles. The summed E-state index contributed by atoms with van der Waals surface area (Å²) in [4.78, 5) is 28.3. The summed E-state index contributed by atoms with van der Waals surface area (Å²) in [5, 5.41) is 4.10. The first-order valence-corrected chi connectivity index (χ1v) is 12.8. The molecule has 1 atom stereocenters. The van der Waals surface area contributed by atoms with Gasteiger partial charge in [0, 0.05) is 19.0 Å². The van der Waals surface area contributed by atoms with Crippen LogP contribution in [-0.4, -0.2) is 28.8 Å². The van der Waals surface area contributed by atoms with E-state index in [1.165, 1.54) is 5.56 Å². The lowest BCUT2D eigenvalue weighted by Gasteiger charge is -2.31. The largest absolute Gasteiger partial charge is 0.352 e. The highest BCUT2D eigenvalue weighted by atomic mass is 35.5. The third kappa shape index (κ3) is 7.22. The van der Waals surface area contributed by atoms with Gasteiger partial charge in [-0.15, -0.1) is 0 Å². The van der Waals surface area contributed by atoms with E-state index in [9.17, 15) is 9.59 Å². The first-order valence-electron chi connectivity index (χ1n) is 12.0. The first-order chi connectivity index (χ1) is 15.9. The number of nitrogens with zero attached hydrogens (tertiary/aromatic N) is 1. The maximum Gasteiger partial charge on any atom is 0.243 e. The van der Waals surface area contributed by atoms with Crippen molar-refractivity contribution in [2.24, 2.45) is 0 Å². The van der Waals surface area contributed by atoms with Gasteiger partial charge in [-0.05, 0) is 60.9 Å². The SMILES string of the molecule is CCc1ccc(CCC(=O)N(Cc2ccc(Cl)c(Cl)c2)[C@@H](CC)C(=O)NC2CCCC2)cc1. The summed E-state index contributed by atoms with van der Waals surface area (Å²) in [6.07, 6.45) is 6.84. The highest BCUT2D eigenvalue weighted by Gasteiger charge is 2.30. The summed E-state index contributed by atoms with van der Waals surface area (Å²) in [6.45, 7) is 4.40. The predicted molar refractivity (Wildman–Crippen MR) is 136 cm³/mol. The fourth-order valence-corrected chi connectivity index (χ4v) is 4.78. The van der Waals surface area contributed by atoms with Crippen LogP contribution in [0.15, 0.2) is 42.5 Å². The molecule has 2 aromatic rings. The minimum absolute atomic E-state index is 0.0333. The van der Waals surface area contributed by atoms with Crippen LogP contribution in [0.4, 0.5) is 0 Å². The highest BCUT2D eigenvalue weighted by Crippen LogP contribution is 2.25. The Labute approximate surface area is 207 Å². The molecule has 0 aromatic heterocycles. The van der Waals surface area contributed by atoms with E-state index in [2.05, 4.69) is 36.5 Å². The zero-order valence-electron chi connectivity index (χ0n) is 19.6. The smallest absolute Gasteiger partial charge is 0.243 e. The molecule has 33 heavy (non-hydrogen) atoms.